The molecule has 0 aromatic heterocycles. The van der Waals surface area contributed by atoms with Crippen molar-refractivity contribution in [3.8, 4) is 22.3 Å². The first-order chi connectivity index (χ1) is 24.3. The molecular formula is C47H31NS. The van der Waals surface area contributed by atoms with E-state index in [1.807, 2.05) is 11.8 Å². The number of nitrogens with zero attached hydrogens (tertiary/aromatic N) is 1. The highest BCUT2D eigenvalue weighted by molar-refractivity contribution is 7.99. The van der Waals surface area contributed by atoms with Crippen molar-refractivity contribution in [2.45, 2.75) is 15.2 Å². The lowest BCUT2D eigenvalue weighted by molar-refractivity contribution is 0.730. The van der Waals surface area contributed by atoms with Crippen molar-refractivity contribution in [2.75, 3.05) is 4.90 Å². The van der Waals surface area contributed by atoms with Crippen LogP contribution in [0.2, 0.25) is 0 Å². The minimum Gasteiger partial charge on any atom is -0.310 e. The number of para-hydroxylation sites is 1. The summed E-state index contributed by atoms with van der Waals surface area (Å²) in [6, 6.07) is 69.2. The zero-order valence-corrected chi connectivity index (χ0v) is 27.6. The fourth-order valence-electron chi connectivity index (χ4n) is 8.34. The average molecular weight is 642 g/mol. The lowest BCUT2D eigenvalue weighted by Gasteiger charge is -2.42. The van der Waals surface area contributed by atoms with Crippen molar-refractivity contribution in [1.82, 2.24) is 0 Å². The van der Waals surface area contributed by atoms with Gasteiger partial charge in [-0.2, -0.15) is 0 Å². The van der Waals surface area contributed by atoms with E-state index in [2.05, 4.69) is 193 Å². The largest absolute Gasteiger partial charge is 0.310 e. The van der Waals surface area contributed by atoms with Gasteiger partial charge in [-0.1, -0.05) is 157 Å². The number of anilines is 3. The minimum absolute atomic E-state index is 0.530. The van der Waals surface area contributed by atoms with E-state index in [4.69, 9.17) is 0 Å². The van der Waals surface area contributed by atoms with Crippen LogP contribution in [0, 0.1) is 0 Å². The molecule has 0 N–H and O–H groups in total. The fraction of sp³-hybridized carbons (Fsp3) is 0.0213. The molecule has 0 saturated heterocycles. The molecule has 1 aliphatic carbocycles. The summed E-state index contributed by atoms with van der Waals surface area (Å²) in [5, 5.41) is 2.57. The summed E-state index contributed by atoms with van der Waals surface area (Å²) in [7, 11) is 0. The Hall–Kier alpha value is -5.83. The molecule has 1 spiro atoms. The Kier molecular flexibility index (Phi) is 6.40. The molecule has 8 aromatic carbocycles. The second-order valence-electron chi connectivity index (χ2n) is 12.8. The van der Waals surface area contributed by atoms with Gasteiger partial charge in [0.05, 0.1) is 11.1 Å². The molecule has 1 heterocycles. The van der Waals surface area contributed by atoms with Gasteiger partial charge in [0.1, 0.15) is 0 Å². The highest BCUT2D eigenvalue weighted by Crippen LogP contribution is 2.65. The van der Waals surface area contributed by atoms with Crippen LogP contribution < -0.4 is 4.90 Å². The number of rotatable bonds is 4. The van der Waals surface area contributed by atoms with Gasteiger partial charge in [0.2, 0.25) is 0 Å². The zero-order chi connectivity index (χ0) is 32.4. The molecule has 2 heteroatoms. The zero-order valence-electron chi connectivity index (χ0n) is 26.8. The van der Waals surface area contributed by atoms with Crippen LogP contribution in [0.5, 0.6) is 0 Å². The molecule has 0 fully saturated rings. The van der Waals surface area contributed by atoms with Crippen molar-refractivity contribution in [1.29, 1.82) is 0 Å². The topological polar surface area (TPSA) is 3.24 Å². The fourth-order valence-corrected chi connectivity index (χ4v) is 9.56. The van der Waals surface area contributed by atoms with E-state index >= 15 is 0 Å². The van der Waals surface area contributed by atoms with Gasteiger partial charge in [-0.25, -0.2) is 0 Å². The van der Waals surface area contributed by atoms with E-state index in [0.717, 1.165) is 11.4 Å². The van der Waals surface area contributed by atoms with Crippen molar-refractivity contribution in [3.05, 3.63) is 210 Å². The Morgan fingerprint density at radius 3 is 1.86 bits per heavy atom. The van der Waals surface area contributed by atoms with E-state index in [9.17, 15) is 0 Å². The van der Waals surface area contributed by atoms with Gasteiger partial charge < -0.3 is 4.90 Å². The molecule has 1 unspecified atom stereocenters. The van der Waals surface area contributed by atoms with Crippen molar-refractivity contribution in [3.63, 3.8) is 0 Å². The van der Waals surface area contributed by atoms with E-state index in [0.29, 0.717) is 0 Å². The van der Waals surface area contributed by atoms with E-state index < -0.39 is 5.41 Å². The predicted molar refractivity (Wildman–Crippen MR) is 205 cm³/mol. The molecule has 0 radical (unpaired) electrons. The SMILES string of the molecule is c1ccc(-c2ccc(N(c3ccccc3)c3cccc4c3C3(c5ccccc5Sc5ccc6ccccc6c53)c3ccccc3-4)cc2)cc1. The highest BCUT2D eigenvalue weighted by Gasteiger charge is 2.52. The number of fused-ring (bicyclic) bond motifs is 11. The molecule has 2 aliphatic rings. The normalized spacial score (nSPS) is 15.3. The maximum absolute atomic E-state index is 2.47. The summed E-state index contributed by atoms with van der Waals surface area (Å²) in [5.74, 6) is 0. The monoisotopic (exact) mass is 641 g/mol. The summed E-state index contributed by atoms with van der Waals surface area (Å²) in [6.07, 6.45) is 0. The molecule has 0 saturated carbocycles. The summed E-state index contributed by atoms with van der Waals surface area (Å²) in [4.78, 5) is 5.09. The second-order valence-corrected chi connectivity index (χ2v) is 13.9. The second kappa shape index (κ2) is 11.1. The van der Waals surface area contributed by atoms with E-state index in [-0.39, 0.29) is 0 Å². The van der Waals surface area contributed by atoms with Crippen LogP contribution in [0.3, 0.4) is 0 Å². The Morgan fingerprint density at radius 1 is 0.388 bits per heavy atom. The summed E-state index contributed by atoms with van der Waals surface area (Å²) < 4.78 is 0. The first kappa shape index (κ1) is 28.2. The van der Waals surface area contributed by atoms with E-state index in [1.54, 1.807) is 0 Å². The van der Waals surface area contributed by atoms with Gasteiger partial charge in [0.25, 0.3) is 0 Å². The number of hydrogen-bond acceptors (Lipinski definition) is 2. The first-order valence-corrected chi connectivity index (χ1v) is 17.7. The van der Waals surface area contributed by atoms with Crippen LogP contribution in [-0.2, 0) is 5.41 Å². The van der Waals surface area contributed by atoms with Gasteiger partial charge in [0.15, 0.2) is 0 Å². The number of benzene rings is 8. The summed E-state index contributed by atoms with van der Waals surface area (Å²) >= 11 is 1.90. The van der Waals surface area contributed by atoms with Gasteiger partial charge in [-0.3, -0.25) is 0 Å². The lowest BCUT2D eigenvalue weighted by atomic mass is 9.65. The number of hydrogen-bond donors (Lipinski definition) is 0. The van der Waals surface area contributed by atoms with Gasteiger partial charge in [-0.15, -0.1) is 0 Å². The first-order valence-electron chi connectivity index (χ1n) is 16.9. The minimum atomic E-state index is -0.530. The molecule has 1 atom stereocenters. The van der Waals surface area contributed by atoms with Crippen LogP contribution in [0.4, 0.5) is 17.1 Å². The molecule has 1 aliphatic heterocycles. The highest BCUT2D eigenvalue weighted by atomic mass is 32.2. The van der Waals surface area contributed by atoms with Gasteiger partial charge in [0, 0.05) is 26.7 Å². The van der Waals surface area contributed by atoms with Crippen molar-refractivity contribution in [2.24, 2.45) is 0 Å². The Balaban J connectivity index is 1.32. The standard InChI is InChI=1S/C47H31NS/c1-3-14-32(15-4-1)33-26-29-36(30-27-33)48(35-17-5-2-6-18-35)42-24-13-21-39-38-20-9-10-22-40(38)47(45(39)42)41-23-11-12-25-43(41)49-44-31-28-34-16-7-8-19-37(34)46(44)47/h1-31H. The maximum Gasteiger partial charge on any atom is 0.0762 e. The van der Waals surface area contributed by atoms with E-state index in [1.165, 1.54) is 70.8 Å². The molecule has 0 amide bonds. The predicted octanol–water partition coefficient (Wildman–Crippen LogP) is 12.8. The molecule has 10 rings (SSSR count). The Morgan fingerprint density at radius 2 is 1.02 bits per heavy atom. The quantitative estimate of drug-likeness (QED) is 0.188. The molecule has 230 valence electrons. The third-order valence-electron chi connectivity index (χ3n) is 10.3. The Bertz CT molecular complexity index is 2520. The van der Waals surface area contributed by atoms with Crippen LogP contribution in [0.15, 0.2) is 198 Å². The van der Waals surface area contributed by atoms with Gasteiger partial charge >= 0.3 is 0 Å². The third kappa shape index (κ3) is 4.14. The summed E-state index contributed by atoms with van der Waals surface area (Å²) in [5.41, 5.74) is 13.3. The van der Waals surface area contributed by atoms with Gasteiger partial charge in [-0.05, 0) is 92.2 Å². The molecule has 49 heavy (non-hydrogen) atoms. The van der Waals surface area contributed by atoms with Crippen LogP contribution in [-0.4, -0.2) is 0 Å². The maximum atomic E-state index is 2.47. The molecule has 0 bridgehead atoms. The molecular weight excluding hydrogens is 611 g/mol. The lowest BCUT2D eigenvalue weighted by Crippen LogP contribution is -2.33. The molecule has 8 aromatic rings. The van der Waals surface area contributed by atoms with Crippen molar-refractivity contribution < 1.29 is 0 Å². The average Bonchev–Trinajstić information content (AvgIpc) is 3.47. The van der Waals surface area contributed by atoms with Crippen LogP contribution in [0.25, 0.3) is 33.0 Å². The Labute approximate surface area is 291 Å². The summed E-state index contributed by atoms with van der Waals surface area (Å²) in [6.45, 7) is 0. The smallest absolute Gasteiger partial charge is 0.0762 e. The van der Waals surface area contributed by atoms with Crippen LogP contribution in [0.1, 0.15) is 22.3 Å². The molecule has 1 nitrogen and oxygen atoms in total. The van der Waals surface area contributed by atoms with Crippen LogP contribution >= 0.6 is 11.8 Å². The van der Waals surface area contributed by atoms with Crippen molar-refractivity contribution >= 4 is 39.6 Å². The third-order valence-corrected chi connectivity index (χ3v) is 11.4.